The number of hydrogen-bond acceptors (Lipinski definition) is 2. The standard InChI is InChI=1S/C13H18N2OS/c1-16-12-7-9-15(10-8-12)13(17)14-11-5-3-2-4-6-11/h2-6,12H,7-10H2,1H3,(H,14,17). The molecule has 1 fully saturated rings. The van der Waals surface area contributed by atoms with Crippen molar-refractivity contribution in [2.24, 2.45) is 0 Å². The van der Waals surface area contributed by atoms with Crippen molar-refractivity contribution in [1.29, 1.82) is 0 Å². The second kappa shape index (κ2) is 5.98. The number of hydrogen-bond donors (Lipinski definition) is 1. The topological polar surface area (TPSA) is 24.5 Å². The second-order valence-electron chi connectivity index (χ2n) is 4.22. The fourth-order valence-corrected chi connectivity index (χ4v) is 2.32. The molecule has 1 aromatic rings. The molecule has 0 saturated carbocycles. The molecule has 1 aliphatic rings. The third-order valence-electron chi connectivity index (χ3n) is 3.09. The van der Waals surface area contributed by atoms with E-state index in [1.54, 1.807) is 7.11 Å². The van der Waals surface area contributed by atoms with Gasteiger partial charge in [0, 0.05) is 25.9 Å². The smallest absolute Gasteiger partial charge is 0.173 e. The molecule has 1 aromatic carbocycles. The highest BCUT2D eigenvalue weighted by Gasteiger charge is 2.20. The Balaban J connectivity index is 1.85. The number of ether oxygens (including phenoxy) is 1. The van der Waals surface area contributed by atoms with Crippen LogP contribution in [0.1, 0.15) is 12.8 Å². The maximum atomic E-state index is 5.40. The highest BCUT2D eigenvalue weighted by molar-refractivity contribution is 7.80. The first-order valence-electron chi connectivity index (χ1n) is 5.93. The molecule has 0 atom stereocenters. The van der Waals surface area contributed by atoms with Crippen LogP contribution in [0.3, 0.4) is 0 Å². The van der Waals surface area contributed by atoms with Crippen LogP contribution in [0.15, 0.2) is 30.3 Å². The van der Waals surface area contributed by atoms with Gasteiger partial charge in [0.1, 0.15) is 0 Å². The Hall–Kier alpha value is -1.13. The molecule has 0 aliphatic carbocycles. The van der Waals surface area contributed by atoms with Gasteiger partial charge in [0.15, 0.2) is 5.11 Å². The van der Waals surface area contributed by atoms with Crippen molar-refractivity contribution in [3.05, 3.63) is 30.3 Å². The number of nitrogens with one attached hydrogen (secondary N) is 1. The SMILES string of the molecule is COC1CCN(C(=S)Nc2ccccc2)CC1. The van der Waals surface area contributed by atoms with E-state index in [9.17, 15) is 0 Å². The van der Waals surface area contributed by atoms with Gasteiger partial charge in [-0.05, 0) is 37.2 Å². The van der Waals surface area contributed by atoms with Crippen molar-refractivity contribution < 1.29 is 4.74 Å². The summed E-state index contributed by atoms with van der Waals surface area (Å²) >= 11 is 5.40. The Kier molecular flexibility index (Phi) is 4.34. The number of methoxy groups -OCH3 is 1. The van der Waals surface area contributed by atoms with Crippen molar-refractivity contribution in [3.8, 4) is 0 Å². The lowest BCUT2D eigenvalue weighted by Gasteiger charge is -2.33. The molecule has 0 aromatic heterocycles. The Morgan fingerprint density at radius 2 is 1.94 bits per heavy atom. The predicted octanol–water partition coefficient (Wildman–Crippen LogP) is 2.49. The number of piperidine rings is 1. The van der Waals surface area contributed by atoms with E-state index in [1.807, 2.05) is 30.3 Å². The first-order valence-corrected chi connectivity index (χ1v) is 6.34. The molecule has 1 heterocycles. The van der Waals surface area contributed by atoms with E-state index in [0.717, 1.165) is 36.7 Å². The zero-order valence-electron chi connectivity index (χ0n) is 10.1. The van der Waals surface area contributed by atoms with E-state index in [4.69, 9.17) is 17.0 Å². The largest absolute Gasteiger partial charge is 0.381 e. The van der Waals surface area contributed by atoms with Crippen molar-refractivity contribution in [3.63, 3.8) is 0 Å². The summed E-state index contributed by atoms with van der Waals surface area (Å²) in [5, 5.41) is 4.07. The van der Waals surface area contributed by atoms with Gasteiger partial charge in [-0.1, -0.05) is 18.2 Å². The lowest BCUT2D eigenvalue weighted by atomic mass is 10.1. The zero-order chi connectivity index (χ0) is 12.1. The first kappa shape index (κ1) is 12.3. The Morgan fingerprint density at radius 1 is 1.29 bits per heavy atom. The van der Waals surface area contributed by atoms with Crippen LogP contribution in [0.4, 0.5) is 5.69 Å². The molecule has 0 bridgehead atoms. The molecule has 1 N–H and O–H groups in total. The normalized spacial score (nSPS) is 16.9. The number of anilines is 1. The van der Waals surface area contributed by atoms with Crippen molar-refractivity contribution in [1.82, 2.24) is 4.90 Å². The minimum atomic E-state index is 0.394. The fraction of sp³-hybridized carbons (Fsp3) is 0.462. The monoisotopic (exact) mass is 250 g/mol. The highest BCUT2D eigenvalue weighted by atomic mass is 32.1. The number of benzene rings is 1. The molecule has 0 radical (unpaired) electrons. The maximum absolute atomic E-state index is 5.40. The van der Waals surface area contributed by atoms with Crippen LogP contribution in [0.5, 0.6) is 0 Å². The summed E-state index contributed by atoms with van der Waals surface area (Å²) in [5.41, 5.74) is 1.05. The van der Waals surface area contributed by atoms with E-state index in [-0.39, 0.29) is 0 Å². The predicted molar refractivity (Wildman–Crippen MR) is 74.3 cm³/mol. The van der Waals surface area contributed by atoms with Crippen LogP contribution in [-0.4, -0.2) is 36.3 Å². The molecule has 1 saturated heterocycles. The summed E-state index contributed by atoms with van der Waals surface area (Å²) in [6.07, 6.45) is 2.49. The van der Waals surface area contributed by atoms with Gasteiger partial charge in [-0.3, -0.25) is 0 Å². The molecule has 0 unspecified atom stereocenters. The molecular weight excluding hydrogens is 232 g/mol. The number of rotatable bonds is 2. The molecule has 92 valence electrons. The Labute approximate surface area is 108 Å². The van der Waals surface area contributed by atoms with Gasteiger partial charge >= 0.3 is 0 Å². The van der Waals surface area contributed by atoms with E-state index < -0.39 is 0 Å². The molecule has 0 spiro atoms. The molecule has 17 heavy (non-hydrogen) atoms. The summed E-state index contributed by atoms with van der Waals surface area (Å²) in [4.78, 5) is 2.21. The quantitative estimate of drug-likeness (QED) is 0.815. The Morgan fingerprint density at radius 3 is 2.53 bits per heavy atom. The second-order valence-corrected chi connectivity index (χ2v) is 4.60. The summed E-state index contributed by atoms with van der Waals surface area (Å²) in [6.45, 7) is 1.94. The number of nitrogens with zero attached hydrogens (tertiary/aromatic N) is 1. The summed E-state index contributed by atoms with van der Waals surface area (Å²) in [6, 6.07) is 10.0. The maximum Gasteiger partial charge on any atom is 0.173 e. The summed E-state index contributed by atoms with van der Waals surface area (Å²) in [7, 11) is 1.78. The van der Waals surface area contributed by atoms with E-state index in [1.165, 1.54) is 0 Å². The molecule has 2 rings (SSSR count). The molecule has 3 nitrogen and oxygen atoms in total. The first-order chi connectivity index (χ1) is 8.29. The summed E-state index contributed by atoms with van der Waals surface area (Å²) < 4.78 is 5.35. The third kappa shape index (κ3) is 3.41. The van der Waals surface area contributed by atoms with Gasteiger partial charge < -0.3 is 15.0 Å². The van der Waals surface area contributed by atoms with Crippen LogP contribution in [0.2, 0.25) is 0 Å². The molecular formula is C13H18N2OS. The van der Waals surface area contributed by atoms with Gasteiger partial charge in [-0.25, -0.2) is 0 Å². The van der Waals surface area contributed by atoms with Crippen LogP contribution in [-0.2, 0) is 4.74 Å². The zero-order valence-corrected chi connectivity index (χ0v) is 10.9. The van der Waals surface area contributed by atoms with Crippen LogP contribution in [0.25, 0.3) is 0 Å². The van der Waals surface area contributed by atoms with Crippen LogP contribution >= 0.6 is 12.2 Å². The van der Waals surface area contributed by atoms with Crippen LogP contribution < -0.4 is 5.32 Å². The summed E-state index contributed by atoms with van der Waals surface area (Å²) in [5.74, 6) is 0. The van der Waals surface area contributed by atoms with Crippen molar-refractivity contribution >= 4 is 23.0 Å². The Bertz CT molecular complexity index is 361. The van der Waals surface area contributed by atoms with Crippen molar-refractivity contribution in [2.45, 2.75) is 18.9 Å². The lowest BCUT2D eigenvalue weighted by Crippen LogP contribution is -2.42. The van der Waals surface area contributed by atoms with Gasteiger partial charge in [0.25, 0.3) is 0 Å². The number of thiocarbonyl (C=S) groups is 1. The van der Waals surface area contributed by atoms with Gasteiger partial charge in [-0.2, -0.15) is 0 Å². The van der Waals surface area contributed by atoms with Gasteiger partial charge in [0.2, 0.25) is 0 Å². The van der Waals surface area contributed by atoms with Crippen molar-refractivity contribution in [2.75, 3.05) is 25.5 Å². The van der Waals surface area contributed by atoms with Gasteiger partial charge in [-0.15, -0.1) is 0 Å². The fourth-order valence-electron chi connectivity index (χ4n) is 2.02. The highest BCUT2D eigenvalue weighted by Crippen LogP contribution is 2.14. The number of likely N-dealkylation sites (tertiary alicyclic amines) is 1. The number of para-hydroxylation sites is 1. The third-order valence-corrected chi connectivity index (χ3v) is 3.45. The minimum Gasteiger partial charge on any atom is -0.381 e. The van der Waals surface area contributed by atoms with E-state index >= 15 is 0 Å². The minimum absolute atomic E-state index is 0.394. The van der Waals surface area contributed by atoms with E-state index in [2.05, 4.69) is 10.2 Å². The van der Waals surface area contributed by atoms with E-state index in [0.29, 0.717) is 6.10 Å². The molecule has 4 heteroatoms. The average molecular weight is 250 g/mol. The van der Waals surface area contributed by atoms with Gasteiger partial charge in [0.05, 0.1) is 6.10 Å². The van der Waals surface area contributed by atoms with Crippen LogP contribution in [0, 0.1) is 0 Å². The lowest BCUT2D eigenvalue weighted by molar-refractivity contribution is 0.0583. The molecule has 0 amide bonds. The molecule has 1 aliphatic heterocycles. The average Bonchev–Trinajstić information content (AvgIpc) is 2.40.